The smallest absolute Gasteiger partial charge is 0.218 e. The lowest BCUT2D eigenvalue weighted by atomic mass is 10.4. The van der Waals surface area contributed by atoms with Crippen molar-refractivity contribution in [3.8, 4) is 5.82 Å². The molecule has 2 aromatic rings. The molecule has 0 spiro atoms. The Morgan fingerprint density at radius 2 is 2.07 bits per heavy atom. The summed E-state index contributed by atoms with van der Waals surface area (Å²) in [7, 11) is 0. The highest BCUT2D eigenvalue weighted by atomic mass is 35.5. The zero-order chi connectivity index (χ0) is 11.1. The summed E-state index contributed by atoms with van der Waals surface area (Å²) in [5, 5.41) is 3.53. The van der Waals surface area contributed by atoms with Gasteiger partial charge in [0, 0.05) is 6.20 Å². The first-order valence-electron chi connectivity index (χ1n) is 3.59. The van der Waals surface area contributed by atoms with Gasteiger partial charge in [-0.3, -0.25) is 0 Å². The molecule has 0 saturated carbocycles. The summed E-state index contributed by atoms with van der Waals surface area (Å²) < 4.78 is 44.9. The fourth-order valence-electron chi connectivity index (χ4n) is 0.895. The molecule has 0 aliphatic rings. The lowest BCUT2D eigenvalue weighted by Gasteiger charge is -2.00. The van der Waals surface area contributed by atoms with Gasteiger partial charge in [0.05, 0.1) is 23.5 Å². The molecule has 2 heterocycles. The van der Waals surface area contributed by atoms with Crippen LogP contribution in [0, 0.1) is 0 Å². The van der Waals surface area contributed by atoms with Gasteiger partial charge in [-0.05, 0) is 0 Å². The topological polar surface area (TPSA) is 43.6 Å². The summed E-state index contributed by atoms with van der Waals surface area (Å²) >= 11 is 6.40. The average molecular weight is 255 g/mol. The van der Waals surface area contributed by atoms with E-state index in [1.165, 1.54) is 0 Å². The lowest BCUT2D eigenvalue weighted by Crippen LogP contribution is -2.03. The van der Waals surface area contributed by atoms with E-state index in [2.05, 4.69) is 13.8 Å². The van der Waals surface area contributed by atoms with Crippen molar-refractivity contribution in [3.63, 3.8) is 0 Å². The second-order valence-corrected chi connectivity index (χ2v) is 3.44. The number of hydrogen-bond acceptors (Lipinski definition) is 4. The van der Waals surface area contributed by atoms with Crippen molar-refractivity contribution >= 4 is 23.3 Å². The predicted octanol–water partition coefficient (Wildman–Crippen LogP) is 2.40. The van der Waals surface area contributed by atoms with Crippen LogP contribution >= 0.6 is 23.3 Å². The van der Waals surface area contributed by atoms with Gasteiger partial charge in [-0.15, -0.1) is 0 Å². The molecule has 0 aromatic carbocycles. The third-order valence-electron chi connectivity index (χ3n) is 1.56. The highest BCUT2D eigenvalue weighted by Crippen LogP contribution is 2.29. The molecule has 4 nitrogen and oxygen atoms in total. The third-order valence-corrected chi connectivity index (χ3v) is 2.43. The first-order valence-corrected chi connectivity index (χ1v) is 4.69. The van der Waals surface area contributed by atoms with E-state index >= 15 is 0 Å². The molecule has 0 aliphatic carbocycles. The molecule has 2 rings (SSSR count). The normalized spacial score (nSPS) is 12.0. The van der Waals surface area contributed by atoms with E-state index in [4.69, 9.17) is 11.6 Å². The second-order valence-electron chi connectivity index (χ2n) is 2.55. The number of rotatable bonds is 1. The van der Waals surface area contributed by atoms with Crippen LogP contribution in [0.25, 0.3) is 5.82 Å². The van der Waals surface area contributed by atoms with Crippen LogP contribution < -0.4 is 0 Å². The Bertz CT molecular complexity index is 477. The van der Waals surface area contributed by atoms with E-state index in [1.54, 1.807) is 0 Å². The lowest BCUT2D eigenvalue weighted by molar-refractivity contribution is -0.137. The highest BCUT2D eigenvalue weighted by molar-refractivity contribution is 6.99. The zero-order valence-electron chi connectivity index (χ0n) is 6.86. The Hall–Kier alpha value is -1.15. The van der Waals surface area contributed by atoms with Gasteiger partial charge in [0.2, 0.25) is 5.82 Å². The Morgan fingerprint density at radius 1 is 1.33 bits per heavy atom. The number of nitrogens with zero attached hydrogens (tertiary/aromatic N) is 4. The van der Waals surface area contributed by atoms with Crippen LogP contribution in [0.3, 0.4) is 0 Å². The molecular formula is C6H2ClF3N4S. The van der Waals surface area contributed by atoms with Crippen molar-refractivity contribution in [1.82, 2.24) is 18.5 Å². The molecule has 0 aliphatic heterocycles. The van der Waals surface area contributed by atoms with Crippen molar-refractivity contribution < 1.29 is 13.2 Å². The standard InChI is InChI=1S/C6H2ClF3N4S/c7-4-5(13-15-12-4)14-2-3(1-11-14)6(8,9)10/h1-2H. The summed E-state index contributed by atoms with van der Waals surface area (Å²) in [5.74, 6) is 0.0946. The minimum Gasteiger partial charge on any atom is -0.218 e. The molecule has 0 fully saturated rings. The van der Waals surface area contributed by atoms with E-state index in [1.807, 2.05) is 0 Å². The van der Waals surface area contributed by atoms with Crippen LogP contribution in [-0.2, 0) is 6.18 Å². The number of alkyl halides is 3. The maximum atomic E-state index is 12.2. The van der Waals surface area contributed by atoms with Crippen LogP contribution in [0.2, 0.25) is 5.15 Å². The largest absolute Gasteiger partial charge is 0.419 e. The summed E-state index contributed by atoms with van der Waals surface area (Å²) in [6, 6.07) is 0. The Kier molecular flexibility index (Phi) is 2.39. The molecular weight excluding hydrogens is 253 g/mol. The second kappa shape index (κ2) is 3.46. The molecule has 9 heteroatoms. The van der Waals surface area contributed by atoms with E-state index in [0.717, 1.165) is 22.6 Å². The fraction of sp³-hybridized carbons (Fsp3) is 0.167. The van der Waals surface area contributed by atoms with Crippen molar-refractivity contribution in [2.75, 3.05) is 0 Å². The van der Waals surface area contributed by atoms with E-state index in [9.17, 15) is 13.2 Å². The first-order chi connectivity index (χ1) is 6.98. The molecule has 0 saturated heterocycles. The van der Waals surface area contributed by atoms with Gasteiger partial charge in [-0.1, -0.05) is 11.6 Å². The van der Waals surface area contributed by atoms with E-state index < -0.39 is 11.7 Å². The Labute approximate surface area is 90.6 Å². The van der Waals surface area contributed by atoms with Gasteiger partial charge < -0.3 is 0 Å². The molecule has 80 valence electrons. The molecule has 2 aromatic heterocycles. The van der Waals surface area contributed by atoms with Gasteiger partial charge in [0.25, 0.3) is 0 Å². The van der Waals surface area contributed by atoms with Crippen molar-refractivity contribution in [3.05, 3.63) is 23.1 Å². The summed E-state index contributed by atoms with van der Waals surface area (Å²) in [5.41, 5.74) is -0.855. The van der Waals surface area contributed by atoms with Gasteiger partial charge in [-0.2, -0.15) is 27.0 Å². The van der Waals surface area contributed by atoms with Gasteiger partial charge in [-0.25, -0.2) is 4.68 Å². The van der Waals surface area contributed by atoms with Gasteiger partial charge >= 0.3 is 6.18 Å². The van der Waals surface area contributed by atoms with Crippen LogP contribution in [0.4, 0.5) is 13.2 Å². The molecule has 0 amide bonds. The first kappa shape index (κ1) is 10.4. The predicted molar refractivity (Wildman–Crippen MR) is 47.0 cm³/mol. The van der Waals surface area contributed by atoms with Gasteiger partial charge in [0.1, 0.15) is 0 Å². The molecule has 0 radical (unpaired) electrons. The Morgan fingerprint density at radius 3 is 2.53 bits per heavy atom. The third kappa shape index (κ3) is 1.95. The van der Waals surface area contributed by atoms with Crippen LogP contribution in [-0.4, -0.2) is 18.5 Å². The zero-order valence-corrected chi connectivity index (χ0v) is 8.44. The van der Waals surface area contributed by atoms with Crippen molar-refractivity contribution in [2.24, 2.45) is 0 Å². The average Bonchev–Trinajstić information content (AvgIpc) is 2.69. The number of aromatic nitrogens is 4. The summed E-state index contributed by atoms with van der Waals surface area (Å²) in [4.78, 5) is 0. The van der Waals surface area contributed by atoms with E-state index in [0.29, 0.717) is 6.20 Å². The van der Waals surface area contributed by atoms with Crippen LogP contribution in [0.5, 0.6) is 0 Å². The minimum absolute atomic E-state index is 0.0248. The maximum absolute atomic E-state index is 12.2. The molecule has 0 atom stereocenters. The number of halogens is 4. The van der Waals surface area contributed by atoms with Gasteiger partial charge in [0.15, 0.2) is 5.15 Å². The maximum Gasteiger partial charge on any atom is 0.419 e. The highest BCUT2D eigenvalue weighted by Gasteiger charge is 2.32. The van der Waals surface area contributed by atoms with Crippen molar-refractivity contribution in [1.29, 1.82) is 0 Å². The SMILES string of the molecule is FC(F)(F)c1cnn(-c2nsnc2Cl)c1. The molecule has 15 heavy (non-hydrogen) atoms. The number of hydrogen-bond donors (Lipinski definition) is 0. The van der Waals surface area contributed by atoms with Crippen LogP contribution in [0.1, 0.15) is 5.56 Å². The quantitative estimate of drug-likeness (QED) is 0.785. The molecule has 0 N–H and O–H groups in total. The fourth-order valence-corrected chi connectivity index (χ4v) is 1.61. The minimum atomic E-state index is -4.42. The Balaban J connectivity index is 2.41. The molecule has 0 bridgehead atoms. The van der Waals surface area contributed by atoms with E-state index in [-0.39, 0.29) is 11.0 Å². The van der Waals surface area contributed by atoms with Crippen LogP contribution in [0.15, 0.2) is 12.4 Å². The molecule has 0 unspecified atom stereocenters. The summed E-state index contributed by atoms with van der Waals surface area (Å²) in [6.07, 6.45) is -2.91. The van der Waals surface area contributed by atoms with Crippen molar-refractivity contribution in [2.45, 2.75) is 6.18 Å². The summed E-state index contributed by atoms with van der Waals surface area (Å²) in [6.45, 7) is 0. The monoisotopic (exact) mass is 254 g/mol.